The van der Waals surface area contributed by atoms with Crippen LogP contribution in [0, 0.1) is 0 Å². The molecule has 1 N–H and O–H groups in total. The van der Waals surface area contributed by atoms with E-state index < -0.39 is 0 Å². The van der Waals surface area contributed by atoms with E-state index in [1.165, 1.54) is 5.56 Å². The SMILES string of the molecule is COCCOc1ccc2ccccc2c1C1Nc2ccccc2C(=O)N1CCc1ccccc1. The predicted octanol–water partition coefficient (Wildman–Crippen LogP) is 5.67. The Morgan fingerprint density at radius 2 is 1.62 bits per heavy atom. The predicted molar refractivity (Wildman–Crippen MR) is 135 cm³/mol. The van der Waals surface area contributed by atoms with E-state index in [1.807, 2.05) is 65.6 Å². The Labute approximate surface area is 199 Å². The Morgan fingerprint density at radius 1 is 0.853 bits per heavy atom. The molecule has 34 heavy (non-hydrogen) atoms. The first kappa shape index (κ1) is 22.0. The van der Waals surface area contributed by atoms with Crippen molar-refractivity contribution in [2.24, 2.45) is 0 Å². The molecule has 0 bridgehead atoms. The number of rotatable bonds is 8. The number of carbonyl (C=O) groups is 1. The number of carbonyl (C=O) groups excluding carboxylic acids is 1. The van der Waals surface area contributed by atoms with Gasteiger partial charge < -0.3 is 19.7 Å². The first-order chi connectivity index (χ1) is 16.8. The van der Waals surface area contributed by atoms with Gasteiger partial charge in [0, 0.05) is 24.9 Å². The Morgan fingerprint density at radius 3 is 2.47 bits per heavy atom. The summed E-state index contributed by atoms with van der Waals surface area (Å²) in [5.74, 6) is 0.774. The van der Waals surface area contributed by atoms with Crippen LogP contribution >= 0.6 is 0 Å². The maximum atomic E-state index is 13.8. The van der Waals surface area contributed by atoms with Gasteiger partial charge in [0.1, 0.15) is 18.5 Å². The van der Waals surface area contributed by atoms with E-state index in [9.17, 15) is 4.79 Å². The lowest BCUT2D eigenvalue weighted by atomic mass is 9.97. The van der Waals surface area contributed by atoms with E-state index in [0.717, 1.165) is 34.2 Å². The van der Waals surface area contributed by atoms with Crippen LogP contribution in [0.4, 0.5) is 5.69 Å². The van der Waals surface area contributed by atoms with Crippen LogP contribution in [-0.4, -0.2) is 37.7 Å². The number of methoxy groups -OCH3 is 1. The smallest absolute Gasteiger partial charge is 0.257 e. The molecule has 5 nitrogen and oxygen atoms in total. The fraction of sp³-hybridized carbons (Fsp3) is 0.207. The Hall–Kier alpha value is -3.83. The minimum Gasteiger partial charge on any atom is -0.491 e. The lowest BCUT2D eigenvalue weighted by Gasteiger charge is -2.39. The van der Waals surface area contributed by atoms with Crippen molar-refractivity contribution in [1.82, 2.24) is 4.90 Å². The van der Waals surface area contributed by atoms with Crippen LogP contribution < -0.4 is 10.1 Å². The average Bonchev–Trinajstić information content (AvgIpc) is 2.89. The summed E-state index contributed by atoms with van der Waals surface area (Å²) < 4.78 is 11.4. The van der Waals surface area contributed by atoms with Crippen molar-refractivity contribution in [1.29, 1.82) is 0 Å². The van der Waals surface area contributed by atoms with Crippen molar-refractivity contribution < 1.29 is 14.3 Å². The summed E-state index contributed by atoms with van der Waals surface area (Å²) in [6, 6.07) is 30.3. The number of hydrogen-bond acceptors (Lipinski definition) is 4. The van der Waals surface area contributed by atoms with Crippen LogP contribution in [-0.2, 0) is 11.2 Å². The van der Waals surface area contributed by atoms with Crippen LogP contribution in [0.1, 0.15) is 27.7 Å². The molecule has 5 heteroatoms. The van der Waals surface area contributed by atoms with E-state index >= 15 is 0 Å². The lowest BCUT2D eigenvalue weighted by molar-refractivity contribution is 0.0683. The molecule has 1 aliphatic rings. The van der Waals surface area contributed by atoms with Gasteiger partial charge in [0.15, 0.2) is 0 Å². The normalized spacial score (nSPS) is 15.1. The highest BCUT2D eigenvalue weighted by atomic mass is 16.5. The molecule has 5 rings (SSSR count). The summed E-state index contributed by atoms with van der Waals surface area (Å²) in [4.78, 5) is 15.7. The molecule has 4 aromatic carbocycles. The highest BCUT2D eigenvalue weighted by Gasteiger charge is 2.35. The van der Waals surface area contributed by atoms with E-state index in [2.05, 4.69) is 35.6 Å². The highest BCUT2D eigenvalue weighted by Crippen LogP contribution is 2.40. The van der Waals surface area contributed by atoms with Gasteiger partial charge in [-0.3, -0.25) is 4.79 Å². The third kappa shape index (κ3) is 4.35. The van der Waals surface area contributed by atoms with Crippen molar-refractivity contribution in [2.75, 3.05) is 32.2 Å². The second-order valence-corrected chi connectivity index (χ2v) is 8.37. The molecule has 1 heterocycles. The largest absolute Gasteiger partial charge is 0.491 e. The standard InChI is InChI=1S/C29H28N2O3/c1-33-19-20-34-26-16-15-22-11-5-6-12-23(22)27(26)28-30-25-14-8-7-13-24(25)29(32)31(28)18-17-21-9-3-2-4-10-21/h2-16,28,30H,17-20H2,1H3. The fourth-order valence-electron chi connectivity index (χ4n) is 4.56. The van der Waals surface area contributed by atoms with Gasteiger partial charge in [-0.05, 0) is 41.0 Å². The van der Waals surface area contributed by atoms with Crippen molar-refractivity contribution >= 4 is 22.4 Å². The second kappa shape index (κ2) is 9.98. The van der Waals surface area contributed by atoms with Crippen molar-refractivity contribution in [3.63, 3.8) is 0 Å². The molecule has 1 aliphatic heterocycles. The summed E-state index contributed by atoms with van der Waals surface area (Å²) in [5, 5.41) is 5.81. The Kier molecular flexibility index (Phi) is 6.45. The third-order valence-corrected chi connectivity index (χ3v) is 6.26. The van der Waals surface area contributed by atoms with E-state index in [0.29, 0.717) is 25.3 Å². The summed E-state index contributed by atoms with van der Waals surface area (Å²) in [6.07, 6.45) is 0.396. The van der Waals surface area contributed by atoms with Crippen LogP contribution in [0.25, 0.3) is 10.8 Å². The van der Waals surface area contributed by atoms with Gasteiger partial charge in [-0.25, -0.2) is 0 Å². The van der Waals surface area contributed by atoms with Crippen molar-refractivity contribution in [3.05, 3.63) is 108 Å². The molecule has 1 amide bonds. The van der Waals surface area contributed by atoms with Crippen molar-refractivity contribution in [3.8, 4) is 5.75 Å². The summed E-state index contributed by atoms with van der Waals surface area (Å²) in [7, 11) is 1.66. The summed E-state index contributed by atoms with van der Waals surface area (Å²) in [5.41, 5.74) is 3.69. The molecule has 0 spiro atoms. The maximum Gasteiger partial charge on any atom is 0.257 e. The molecule has 1 unspecified atom stereocenters. The van der Waals surface area contributed by atoms with Gasteiger partial charge in [0.25, 0.3) is 5.91 Å². The zero-order chi connectivity index (χ0) is 23.3. The van der Waals surface area contributed by atoms with Gasteiger partial charge in [-0.1, -0.05) is 72.8 Å². The molecule has 1 atom stereocenters. The Bertz CT molecular complexity index is 1290. The first-order valence-electron chi connectivity index (χ1n) is 11.6. The molecule has 172 valence electrons. The minimum atomic E-state index is -0.366. The number of nitrogens with zero attached hydrogens (tertiary/aromatic N) is 1. The third-order valence-electron chi connectivity index (χ3n) is 6.26. The molecule has 0 fully saturated rings. The van der Waals surface area contributed by atoms with Gasteiger partial charge in [-0.15, -0.1) is 0 Å². The number of amides is 1. The number of ether oxygens (including phenoxy) is 2. The summed E-state index contributed by atoms with van der Waals surface area (Å²) in [6.45, 7) is 1.50. The fourth-order valence-corrected chi connectivity index (χ4v) is 4.56. The zero-order valence-corrected chi connectivity index (χ0v) is 19.2. The molecular weight excluding hydrogens is 424 g/mol. The zero-order valence-electron chi connectivity index (χ0n) is 19.2. The van der Waals surface area contributed by atoms with E-state index in [-0.39, 0.29) is 12.1 Å². The van der Waals surface area contributed by atoms with Crippen LogP contribution in [0.15, 0.2) is 91.0 Å². The molecule has 0 aromatic heterocycles. The molecule has 0 saturated carbocycles. The van der Waals surface area contributed by atoms with Gasteiger partial charge in [0.05, 0.1) is 12.2 Å². The molecule has 0 radical (unpaired) electrons. The number of nitrogens with one attached hydrogen (secondary N) is 1. The topological polar surface area (TPSA) is 50.8 Å². The van der Waals surface area contributed by atoms with Gasteiger partial charge in [-0.2, -0.15) is 0 Å². The van der Waals surface area contributed by atoms with Gasteiger partial charge >= 0.3 is 0 Å². The first-order valence-corrected chi connectivity index (χ1v) is 11.6. The number of para-hydroxylation sites is 1. The molecule has 0 aliphatic carbocycles. The Balaban J connectivity index is 1.60. The average molecular weight is 453 g/mol. The van der Waals surface area contributed by atoms with Gasteiger partial charge in [0.2, 0.25) is 0 Å². The minimum absolute atomic E-state index is 0.0195. The lowest BCUT2D eigenvalue weighted by Crippen LogP contribution is -2.44. The number of fused-ring (bicyclic) bond motifs is 2. The molecule has 0 saturated heterocycles. The monoisotopic (exact) mass is 452 g/mol. The van der Waals surface area contributed by atoms with E-state index in [4.69, 9.17) is 9.47 Å². The summed E-state index contributed by atoms with van der Waals surface area (Å²) >= 11 is 0. The van der Waals surface area contributed by atoms with Crippen LogP contribution in [0.5, 0.6) is 5.75 Å². The van der Waals surface area contributed by atoms with Crippen LogP contribution in [0.2, 0.25) is 0 Å². The number of benzene rings is 4. The van der Waals surface area contributed by atoms with Crippen LogP contribution in [0.3, 0.4) is 0 Å². The number of anilines is 1. The quantitative estimate of drug-likeness (QED) is 0.350. The number of hydrogen-bond donors (Lipinski definition) is 1. The van der Waals surface area contributed by atoms with E-state index in [1.54, 1.807) is 7.11 Å². The second-order valence-electron chi connectivity index (χ2n) is 8.37. The highest BCUT2D eigenvalue weighted by molar-refractivity contribution is 6.02. The molecule has 4 aromatic rings. The molecular formula is C29H28N2O3. The maximum absolute atomic E-state index is 13.8. The van der Waals surface area contributed by atoms with Crippen molar-refractivity contribution in [2.45, 2.75) is 12.6 Å².